The molecule has 0 saturated heterocycles. The van der Waals surface area contributed by atoms with Gasteiger partial charge in [0.25, 0.3) is 0 Å². The molecule has 1 rings (SSSR count). The van der Waals surface area contributed by atoms with Crippen molar-refractivity contribution < 1.29 is 4.39 Å². The molecule has 0 atom stereocenters. The maximum absolute atomic E-state index is 14.0. The molecule has 0 nitrogen and oxygen atoms in total. The maximum atomic E-state index is 14.0. The van der Waals surface area contributed by atoms with E-state index in [-0.39, 0.29) is 16.6 Å². The Morgan fingerprint density at radius 2 is 1.62 bits per heavy atom. The summed E-state index contributed by atoms with van der Waals surface area (Å²) in [5.41, 5.74) is 1.81. The van der Waals surface area contributed by atoms with Crippen LogP contribution in [0, 0.1) is 5.82 Å². The van der Waals surface area contributed by atoms with E-state index in [0.717, 1.165) is 17.5 Å². The van der Waals surface area contributed by atoms with Gasteiger partial charge in [0.2, 0.25) is 0 Å². The smallest absolute Gasteiger partial charge is 0.127 e. The van der Waals surface area contributed by atoms with Gasteiger partial charge in [0.1, 0.15) is 5.82 Å². The molecule has 0 unspecified atom stereocenters. The highest BCUT2D eigenvalue weighted by Crippen LogP contribution is 2.31. The molecule has 0 aliphatic carbocycles. The molecule has 90 valence electrons. The zero-order valence-electron chi connectivity index (χ0n) is 11.3. The summed E-state index contributed by atoms with van der Waals surface area (Å²) in [5.74, 6) is -0.0773. The third-order valence-electron chi connectivity index (χ3n) is 3.44. The maximum Gasteiger partial charge on any atom is 0.127 e. The van der Waals surface area contributed by atoms with Crippen LogP contribution in [0.25, 0.3) is 0 Å². The molecule has 0 amide bonds. The quantitative estimate of drug-likeness (QED) is 0.673. The van der Waals surface area contributed by atoms with Crippen molar-refractivity contribution in [2.24, 2.45) is 0 Å². The Morgan fingerprint density at radius 1 is 1.06 bits per heavy atom. The van der Waals surface area contributed by atoms with E-state index < -0.39 is 0 Å². The van der Waals surface area contributed by atoms with Gasteiger partial charge in [-0.3, -0.25) is 0 Å². The van der Waals surface area contributed by atoms with Crippen molar-refractivity contribution in [2.75, 3.05) is 0 Å². The van der Waals surface area contributed by atoms with Gasteiger partial charge < -0.3 is 0 Å². The van der Waals surface area contributed by atoms with E-state index in [9.17, 15) is 4.39 Å². The van der Waals surface area contributed by atoms with Crippen LogP contribution in [0.3, 0.4) is 0 Å². The second-order valence-corrected chi connectivity index (χ2v) is 6.18. The number of hydrogen-bond acceptors (Lipinski definition) is 0. The Morgan fingerprint density at radius 3 is 2.00 bits per heavy atom. The molecular weight excluding hydrogens is 199 g/mol. The van der Waals surface area contributed by atoms with Crippen molar-refractivity contribution in [1.82, 2.24) is 0 Å². The van der Waals surface area contributed by atoms with E-state index >= 15 is 0 Å². The SMILES string of the molecule is CCC(C)(C)c1ccc(C(C)(C)C)c(F)c1. The highest BCUT2D eigenvalue weighted by molar-refractivity contribution is 5.32. The first-order valence-electron chi connectivity index (χ1n) is 5.99. The lowest BCUT2D eigenvalue weighted by molar-refractivity contribution is 0.488. The first kappa shape index (κ1) is 13.2. The second kappa shape index (κ2) is 4.20. The molecule has 0 radical (unpaired) electrons. The highest BCUT2D eigenvalue weighted by Gasteiger charge is 2.23. The minimum atomic E-state index is -0.126. The second-order valence-electron chi connectivity index (χ2n) is 6.18. The molecule has 1 aromatic carbocycles. The molecule has 0 spiro atoms. The first-order chi connectivity index (χ1) is 7.18. The molecule has 0 aliphatic rings. The van der Waals surface area contributed by atoms with E-state index in [1.807, 2.05) is 26.8 Å². The molecule has 0 aromatic heterocycles. The molecule has 0 heterocycles. The van der Waals surface area contributed by atoms with Crippen LogP contribution in [0.15, 0.2) is 18.2 Å². The van der Waals surface area contributed by atoms with E-state index in [1.165, 1.54) is 0 Å². The van der Waals surface area contributed by atoms with Crippen LogP contribution in [0.1, 0.15) is 59.1 Å². The number of halogens is 1. The average Bonchev–Trinajstić information content (AvgIpc) is 2.15. The third kappa shape index (κ3) is 2.63. The van der Waals surface area contributed by atoms with E-state index in [0.29, 0.717) is 0 Å². The monoisotopic (exact) mass is 222 g/mol. The zero-order valence-corrected chi connectivity index (χ0v) is 11.3. The first-order valence-corrected chi connectivity index (χ1v) is 5.99. The van der Waals surface area contributed by atoms with Crippen molar-refractivity contribution in [1.29, 1.82) is 0 Å². The van der Waals surface area contributed by atoms with Crippen molar-refractivity contribution >= 4 is 0 Å². The van der Waals surface area contributed by atoms with Crippen LogP contribution in [-0.4, -0.2) is 0 Å². The van der Waals surface area contributed by atoms with Crippen LogP contribution < -0.4 is 0 Å². The van der Waals surface area contributed by atoms with Gasteiger partial charge in [0.15, 0.2) is 0 Å². The Hall–Kier alpha value is -0.850. The fraction of sp³-hybridized carbons (Fsp3) is 0.600. The molecule has 0 fully saturated rings. The molecule has 0 aliphatic heterocycles. The van der Waals surface area contributed by atoms with Gasteiger partial charge in [-0.1, -0.05) is 53.7 Å². The summed E-state index contributed by atoms with van der Waals surface area (Å²) in [6, 6.07) is 5.69. The lowest BCUT2D eigenvalue weighted by Gasteiger charge is -2.26. The lowest BCUT2D eigenvalue weighted by atomic mass is 9.79. The molecule has 0 bridgehead atoms. The van der Waals surface area contributed by atoms with Crippen molar-refractivity contribution in [2.45, 2.75) is 58.8 Å². The van der Waals surface area contributed by atoms with E-state index in [4.69, 9.17) is 0 Å². The van der Waals surface area contributed by atoms with Gasteiger partial charge in [-0.2, -0.15) is 0 Å². The van der Waals surface area contributed by atoms with Gasteiger partial charge in [0, 0.05) is 0 Å². The van der Waals surface area contributed by atoms with Gasteiger partial charge in [-0.05, 0) is 34.4 Å². The van der Waals surface area contributed by atoms with Crippen LogP contribution in [-0.2, 0) is 10.8 Å². The summed E-state index contributed by atoms with van der Waals surface area (Å²) >= 11 is 0. The van der Waals surface area contributed by atoms with Gasteiger partial charge in [0.05, 0.1) is 0 Å². The van der Waals surface area contributed by atoms with Crippen molar-refractivity contribution in [3.05, 3.63) is 35.1 Å². The summed E-state index contributed by atoms with van der Waals surface area (Å²) in [7, 11) is 0. The summed E-state index contributed by atoms with van der Waals surface area (Å²) in [5, 5.41) is 0. The normalized spacial score (nSPS) is 12.9. The zero-order chi connectivity index (χ0) is 12.6. The fourth-order valence-electron chi connectivity index (χ4n) is 1.75. The van der Waals surface area contributed by atoms with Crippen LogP contribution in [0.4, 0.5) is 4.39 Å². The number of rotatable bonds is 2. The molecule has 1 heteroatoms. The molecule has 1 aromatic rings. The minimum Gasteiger partial charge on any atom is -0.207 e. The highest BCUT2D eigenvalue weighted by atomic mass is 19.1. The number of hydrogen-bond donors (Lipinski definition) is 0. The van der Waals surface area contributed by atoms with E-state index in [1.54, 1.807) is 6.07 Å². The van der Waals surface area contributed by atoms with Gasteiger partial charge in [-0.15, -0.1) is 0 Å². The minimum absolute atomic E-state index is 0.0528. The average molecular weight is 222 g/mol. The Balaban J connectivity index is 3.20. The topological polar surface area (TPSA) is 0 Å². The van der Waals surface area contributed by atoms with Crippen molar-refractivity contribution in [3.63, 3.8) is 0 Å². The van der Waals surface area contributed by atoms with Crippen LogP contribution in [0.2, 0.25) is 0 Å². The Bertz CT molecular complexity index is 370. The summed E-state index contributed by atoms with van der Waals surface area (Å²) < 4.78 is 14.0. The van der Waals surface area contributed by atoms with Crippen LogP contribution >= 0.6 is 0 Å². The summed E-state index contributed by atoms with van der Waals surface area (Å²) in [6.45, 7) is 12.6. The van der Waals surface area contributed by atoms with Gasteiger partial charge in [-0.25, -0.2) is 4.39 Å². The summed E-state index contributed by atoms with van der Waals surface area (Å²) in [6.07, 6.45) is 1.02. The Kier molecular flexibility index (Phi) is 3.47. The molecule has 0 N–H and O–H groups in total. The molecular formula is C15H23F. The molecule has 16 heavy (non-hydrogen) atoms. The predicted octanol–water partition coefficient (Wildman–Crippen LogP) is 4.81. The van der Waals surface area contributed by atoms with Crippen LogP contribution in [0.5, 0.6) is 0 Å². The van der Waals surface area contributed by atoms with E-state index in [2.05, 4.69) is 26.8 Å². The molecule has 0 saturated carbocycles. The standard InChI is InChI=1S/C15H23F/c1-7-15(5,6)11-8-9-12(13(16)10-11)14(2,3)4/h8-10H,7H2,1-6H3. The lowest BCUT2D eigenvalue weighted by Crippen LogP contribution is -2.18. The predicted molar refractivity (Wildman–Crippen MR) is 68.4 cm³/mol. The number of benzene rings is 1. The van der Waals surface area contributed by atoms with Gasteiger partial charge >= 0.3 is 0 Å². The van der Waals surface area contributed by atoms with Crippen molar-refractivity contribution in [3.8, 4) is 0 Å². The third-order valence-corrected chi connectivity index (χ3v) is 3.44. The Labute approximate surface area is 98.9 Å². The summed E-state index contributed by atoms with van der Waals surface area (Å²) in [4.78, 5) is 0. The fourth-order valence-corrected chi connectivity index (χ4v) is 1.75. The largest absolute Gasteiger partial charge is 0.207 e.